The molecule has 0 aromatic heterocycles. The number of fused-ring (bicyclic) bond motifs is 2. The van der Waals surface area contributed by atoms with Crippen molar-refractivity contribution in [2.24, 2.45) is 0 Å². The molecule has 0 bridgehead atoms. The van der Waals surface area contributed by atoms with E-state index in [1.807, 2.05) is 42.5 Å². The average Bonchev–Trinajstić information content (AvgIpc) is 3.08. The van der Waals surface area contributed by atoms with Crippen LogP contribution in [0.3, 0.4) is 0 Å². The first-order valence-corrected chi connectivity index (χ1v) is 8.99. The van der Waals surface area contributed by atoms with E-state index in [1.54, 1.807) is 19.1 Å². The highest BCUT2D eigenvalue weighted by Crippen LogP contribution is 2.23. The normalized spacial score (nSPS) is 17.2. The van der Waals surface area contributed by atoms with Gasteiger partial charge in [-0.2, -0.15) is 0 Å². The minimum absolute atomic E-state index is 0.0413. The first-order valence-electron chi connectivity index (χ1n) is 8.99. The number of esters is 1. The molecule has 142 valence electrons. The third-order valence-corrected chi connectivity index (χ3v) is 4.88. The lowest BCUT2D eigenvalue weighted by Gasteiger charge is -2.13. The van der Waals surface area contributed by atoms with Gasteiger partial charge in [0.05, 0.1) is 5.92 Å². The Labute approximate surface area is 160 Å². The second kappa shape index (κ2) is 7.31. The van der Waals surface area contributed by atoms with E-state index in [9.17, 15) is 14.4 Å². The summed E-state index contributed by atoms with van der Waals surface area (Å²) in [7, 11) is 0. The third-order valence-electron chi connectivity index (χ3n) is 4.88. The molecule has 3 aromatic carbocycles. The van der Waals surface area contributed by atoms with Crippen LogP contribution in [0, 0.1) is 0 Å². The van der Waals surface area contributed by atoms with Crippen LogP contribution in [-0.2, 0) is 19.0 Å². The molecule has 0 spiro atoms. The molecule has 0 aliphatic carbocycles. The minimum Gasteiger partial charge on any atom is -0.461 e. The fraction of sp³-hybridized carbons (Fsp3) is 0.227. The van der Waals surface area contributed by atoms with E-state index in [4.69, 9.17) is 9.47 Å². The predicted octanol–water partition coefficient (Wildman–Crippen LogP) is 3.54. The Kier molecular flexibility index (Phi) is 4.69. The van der Waals surface area contributed by atoms with Crippen LogP contribution in [-0.4, -0.2) is 31.4 Å². The summed E-state index contributed by atoms with van der Waals surface area (Å²) in [6.07, 6.45) is -1.33. The molecule has 2 unspecified atom stereocenters. The van der Waals surface area contributed by atoms with Gasteiger partial charge in [-0.05, 0) is 23.3 Å². The largest absolute Gasteiger partial charge is 0.508 e. The first kappa shape index (κ1) is 18.0. The first-order chi connectivity index (χ1) is 13.5. The molecule has 1 aliphatic heterocycles. The van der Waals surface area contributed by atoms with Gasteiger partial charge in [-0.3, -0.25) is 9.59 Å². The molecule has 6 nitrogen and oxygen atoms in total. The quantitative estimate of drug-likeness (QED) is 0.646. The summed E-state index contributed by atoms with van der Waals surface area (Å²) in [5.74, 6) is -0.965. The molecule has 2 atom stereocenters. The van der Waals surface area contributed by atoms with Gasteiger partial charge in [-0.1, -0.05) is 54.6 Å². The monoisotopic (exact) mass is 378 g/mol. The Morgan fingerprint density at radius 3 is 2.61 bits per heavy atom. The van der Waals surface area contributed by atoms with Gasteiger partial charge in [-0.25, -0.2) is 4.79 Å². The summed E-state index contributed by atoms with van der Waals surface area (Å²) in [5, 5.41) is 2.88. The van der Waals surface area contributed by atoms with Crippen molar-refractivity contribution in [3.63, 3.8) is 0 Å². The molecule has 0 saturated carbocycles. The highest BCUT2D eigenvalue weighted by Gasteiger charge is 2.27. The molecule has 1 saturated heterocycles. The van der Waals surface area contributed by atoms with Crippen molar-refractivity contribution in [2.75, 3.05) is 13.2 Å². The number of carbonyl (C=O) groups is 2. The summed E-state index contributed by atoms with van der Waals surface area (Å²) in [5.41, 5.74) is 0.701. The molecule has 0 N–H and O–H groups in total. The van der Waals surface area contributed by atoms with Crippen molar-refractivity contribution < 1.29 is 23.8 Å². The van der Waals surface area contributed by atoms with Crippen molar-refractivity contribution in [3.05, 3.63) is 70.4 Å². The molecule has 3 aromatic rings. The van der Waals surface area contributed by atoms with Gasteiger partial charge in [0.15, 0.2) is 11.5 Å². The van der Waals surface area contributed by atoms with E-state index >= 15 is 0 Å². The number of ether oxygens (including phenoxy) is 3. The number of hydrogen-bond acceptors (Lipinski definition) is 6. The lowest BCUT2D eigenvalue weighted by molar-refractivity contribution is -0.147. The van der Waals surface area contributed by atoms with Crippen LogP contribution in [0.1, 0.15) is 18.4 Å². The molecule has 4 rings (SSSR count). The zero-order valence-corrected chi connectivity index (χ0v) is 15.2. The molecule has 6 heteroatoms. The Hall–Kier alpha value is -3.41. The van der Waals surface area contributed by atoms with Crippen molar-refractivity contribution in [3.8, 4) is 0 Å². The lowest BCUT2D eigenvalue weighted by Crippen LogP contribution is -2.23. The van der Waals surface area contributed by atoms with E-state index in [0.29, 0.717) is 10.8 Å². The van der Waals surface area contributed by atoms with E-state index < -0.39 is 24.1 Å². The van der Waals surface area contributed by atoms with Crippen LogP contribution in [0.4, 0.5) is 4.79 Å². The number of hydrogen-bond donors (Lipinski definition) is 0. The smallest absolute Gasteiger partial charge is 0.461 e. The second-order valence-corrected chi connectivity index (χ2v) is 6.75. The number of cyclic esters (lactones) is 2. The van der Waals surface area contributed by atoms with E-state index in [2.05, 4.69) is 4.74 Å². The molecule has 0 amide bonds. The third kappa shape index (κ3) is 3.41. The lowest BCUT2D eigenvalue weighted by atomic mass is 9.98. The number of carbonyl (C=O) groups excluding carboxylic acids is 2. The van der Waals surface area contributed by atoms with Crippen LogP contribution in [0.25, 0.3) is 21.5 Å². The van der Waals surface area contributed by atoms with E-state index in [1.165, 1.54) is 0 Å². The summed E-state index contributed by atoms with van der Waals surface area (Å²) in [6.45, 7) is 1.76. The highest BCUT2D eigenvalue weighted by molar-refractivity contribution is 5.94. The van der Waals surface area contributed by atoms with Crippen molar-refractivity contribution in [1.82, 2.24) is 0 Å². The Balaban J connectivity index is 1.60. The van der Waals surface area contributed by atoms with Crippen molar-refractivity contribution >= 4 is 33.7 Å². The fourth-order valence-corrected chi connectivity index (χ4v) is 3.25. The SMILES string of the molecule is CC(C(=O)OCC1COC(=O)O1)c1ccc2c(=O)c3ccccc3ccc2c1. The molecular weight excluding hydrogens is 360 g/mol. The number of benzene rings is 2. The fourth-order valence-electron chi connectivity index (χ4n) is 3.25. The molecule has 0 radical (unpaired) electrons. The van der Waals surface area contributed by atoms with E-state index in [0.717, 1.165) is 16.3 Å². The summed E-state index contributed by atoms with van der Waals surface area (Å²) < 4.78 is 14.8. The Bertz CT molecular complexity index is 1140. The Morgan fingerprint density at radius 1 is 1.07 bits per heavy atom. The molecular formula is C22H18O6. The number of rotatable bonds is 4. The highest BCUT2D eigenvalue weighted by atomic mass is 16.8. The summed E-state index contributed by atoms with van der Waals surface area (Å²) in [4.78, 5) is 36.1. The molecule has 1 heterocycles. The Morgan fingerprint density at radius 2 is 1.82 bits per heavy atom. The maximum absolute atomic E-state index is 12.8. The molecule has 28 heavy (non-hydrogen) atoms. The topological polar surface area (TPSA) is 78.9 Å². The van der Waals surface area contributed by atoms with Crippen LogP contribution in [0.2, 0.25) is 0 Å². The van der Waals surface area contributed by atoms with Gasteiger partial charge in [-0.15, -0.1) is 0 Å². The molecule has 1 aliphatic rings. The van der Waals surface area contributed by atoms with Gasteiger partial charge in [0.2, 0.25) is 0 Å². The maximum atomic E-state index is 12.8. The second-order valence-electron chi connectivity index (χ2n) is 6.75. The van der Waals surface area contributed by atoms with Crippen molar-refractivity contribution in [1.29, 1.82) is 0 Å². The zero-order chi connectivity index (χ0) is 19.7. The van der Waals surface area contributed by atoms with Gasteiger partial charge in [0, 0.05) is 10.8 Å². The summed E-state index contributed by atoms with van der Waals surface area (Å²) >= 11 is 0. The molecule has 1 fully saturated rings. The van der Waals surface area contributed by atoms with Gasteiger partial charge in [0.25, 0.3) is 0 Å². The average molecular weight is 378 g/mol. The standard InChI is InChI=1S/C22H18O6/c1-13(21(24)26-11-17-12-27-22(25)28-17)15-8-9-19-16(10-15)7-6-14-4-2-3-5-18(14)20(19)23/h2-10,13,17H,11-12H2,1H3. The van der Waals surface area contributed by atoms with Gasteiger partial charge < -0.3 is 14.2 Å². The summed E-state index contributed by atoms with van der Waals surface area (Å²) in [6, 6.07) is 16.6. The van der Waals surface area contributed by atoms with Crippen LogP contribution < -0.4 is 5.43 Å². The van der Waals surface area contributed by atoms with Crippen molar-refractivity contribution in [2.45, 2.75) is 18.9 Å². The maximum Gasteiger partial charge on any atom is 0.508 e. The van der Waals surface area contributed by atoms with E-state index in [-0.39, 0.29) is 18.6 Å². The van der Waals surface area contributed by atoms with Crippen LogP contribution in [0.5, 0.6) is 0 Å². The van der Waals surface area contributed by atoms with Gasteiger partial charge >= 0.3 is 12.1 Å². The van der Waals surface area contributed by atoms with Crippen LogP contribution >= 0.6 is 0 Å². The van der Waals surface area contributed by atoms with Crippen LogP contribution in [0.15, 0.2) is 59.4 Å². The van der Waals surface area contributed by atoms with Gasteiger partial charge in [0.1, 0.15) is 13.2 Å². The predicted molar refractivity (Wildman–Crippen MR) is 103 cm³/mol. The zero-order valence-electron chi connectivity index (χ0n) is 15.2. The minimum atomic E-state index is -0.752.